The van der Waals surface area contributed by atoms with Gasteiger partial charge in [0.1, 0.15) is 0 Å². The Labute approximate surface area is 141 Å². The predicted octanol–water partition coefficient (Wildman–Crippen LogP) is 4.72. The molecule has 1 N–H and O–H groups in total. The highest BCUT2D eigenvalue weighted by Gasteiger charge is 2.62. The maximum atomic E-state index is 11.2. The van der Waals surface area contributed by atoms with Crippen molar-refractivity contribution in [1.82, 2.24) is 5.32 Å². The summed E-state index contributed by atoms with van der Waals surface area (Å²) in [5.41, 5.74) is 1.43. The molecule has 0 aromatic rings. The van der Waals surface area contributed by atoms with Crippen molar-refractivity contribution in [2.75, 3.05) is 0 Å². The van der Waals surface area contributed by atoms with Crippen LogP contribution in [0.3, 0.4) is 0 Å². The quantitative estimate of drug-likeness (QED) is 0.590. The number of carbonyl (C=O) groups excluding carboxylic acids is 1. The van der Waals surface area contributed by atoms with Gasteiger partial charge in [-0.3, -0.25) is 4.79 Å². The van der Waals surface area contributed by atoms with E-state index in [4.69, 9.17) is 0 Å². The Bertz CT molecular complexity index is 524. The third-order valence-corrected chi connectivity index (χ3v) is 7.63. The molecule has 0 heterocycles. The zero-order valence-corrected chi connectivity index (χ0v) is 15.3. The number of rotatable bonds is 4. The molecule has 3 fully saturated rings. The normalized spacial score (nSPS) is 49.0. The molecule has 0 radical (unpaired) electrons. The monoisotopic (exact) mass is 315 g/mol. The van der Waals surface area contributed by atoms with Crippen molar-refractivity contribution < 1.29 is 4.79 Å². The Morgan fingerprint density at radius 1 is 1.26 bits per heavy atom. The summed E-state index contributed by atoms with van der Waals surface area (Å²) in [5, 5.41) is 3.22. The lowest BCUT2D eigenvalue weighted by Gasteiger charge is -2.57. The van der Waals surface area contributed by atoms with Gasteiger partial charge in [-0.05, 0) is 81.0 Å². The van der Waals surface area contributed by atoms with Crippen LogP contribution in [0.1, 0.15) is 59.8 Å². The van der Waals surface area contributed by atoms with E-state index in [1.165, 1.54) is 25.7 Å². The lowest BCUT2D eigenvalue weighted by Crippen LogP contribution is -2.59. The van der Waals surface area contributed by atoms with Crippen molar-refractivity contribution in [3.8, 4) is 0 Å². The third kappa shape index (κ3) is 2.49. The first-order valence-electron chi connectivity index (χ1n) is 9.40. The van der Waals surface area contributed by atoms with Gasteiger partial charge in [0, 0.05) is 5.54 Å². The van der Waals surface area contributed by atoms with Crippen molar-refractivity contribution in [2.45, 2.75) is 65.3 Å². The minimum absolute atomic E-state index is 0.0184. The van der Waals surface area contributed by atoms with E-state index in [1.807, 2.05) is 0 Å². The second-order valence-electron chi connectivity index (χ2n) is 8.97. The summed E-state index contributed by atoms with van der Waals surface area (Å²) < 4.78 is 0. The van der Waals surface area contributed by atoms with Crippen LogP contribution in [-0.2, 0) is 4.79 Å². The molecule has 0 aromatic carbocycles. The predicted molar refractivity (Wildman–Crippen MR) is 95.9 cm³/mol. The topological polar surface area (TPSA) is 29.1 Å². The molecular weight excluding hydrogens is 282 g/mol. The molecule has 0 bridgehead atoms. The summed E-state index contributed by atoms with van der Waals surface area (Å²) in [6.45, 7) is 13.4. The average Bonchev–Trinajstić information content (AvgIpc) is 2.78. The lowest BCUT2D eigenvalue weighted by atomic mass is 9.50. The van der Waals surface area contributed by atoms with Crippen molar-refractivity contribution in [2.24, 2.45) is 35.0 Å². The minimum atomic E-state index is -0.0184. The minimum Gasteiger partial charge on any atom is -0.353 e. The molecule has 128 valence electrons. The molecule has 0 spiro atoms. The molecule has 3 saturated carbocycles. The summed E-state index contributed by atoms with van der Waals surface area (Å²) in [5.74, 6) is 3.66. The maximum Gasteiger partial charge on any atom is 0.207 e. The van der Waals surface area contributed by atoms with Gasteiger partial charge in [0.05, 0.1) is 0 Å². The molecule has 2 heteroatoms. The fraction of sp³-hybridized carbons (Fsp3) is 0.762. The fourth-order valence-corrected chi connectivity index (χ4v) is 6.46. The molecule has 3 aliphatic carbocycles. The van der Waals surface area contributed by atoms with Gasteiger partial charge < -0.3 is 5.32 Å². The smallest absolute Gasteiger partial charge is 0.207 e. The largest absolute Gasteiger partial charge is 0.353 e. The van der Waals surface area contributed by atoms with E-state index in [-0.39, 0.29) is 5.54 Å². The van der Waals surface area contributed by atoms with E-state index in [0.29, 0.717) is 17.3 Å². The second kappa shape index (κ2) is 5.79. The molecule has 1 amide bonds. The van der Waals surface area contributed by atoms with E-state index in [1.54, 1.807) is 0 Å². The summed E-state index contributed by atoms with van der Waals surface area (Å²) >= 11 is 0. The van der Waals surface area contributed by atoms with Crippen LogP contribution in [0, 0.1) is 35.0 Å². The molecule has 0 saturated heterocycles. The Hall–Kier alpha value is -1.05. The van der Waals surface area contributed by atoms with Crippen LogP contribution in [-0.4, -0.2) is 11.9 Å². The van der Waals surface area contributed by atoms with Gasteiger partial charge in [-0.2, -0.15) is 0 Å². The molecule has 7 atom stereocenters. The average molecular weight is 316 g/mol. The number of carbonyl (C=O) groups is 1. The van der Waals surface area contributed by atoms with Gasteiger partial charge in [-0.25, -0.2) is 0 Å². The first-order valence-corrected chi connectivity index (χ1v) is 9.40. The first kappa shape index (κ1) is 16.8. The van der Waals surface area contributed by atoms with Crippen LogP contribution in [0.25, 0.3) is 0 Å². The maximum absolute atomic E-state index is 11.2. The molecule has 0 aliphatic heterocycles. The van der Waals surface area contributed by atoms with Gasteiger partial charge in [0.2, 0.25) is 6.41 Å². The molecule has 23 heavy (non-hydrogen) atoms. The van der Waals surface area contributed by atoms with Crippen LogP contribution in [0.5, 0.6) is 0 Å². The molecule has 0 aromatic heterocycles. The van der Waals surface area contributed by atoms with Gasteiger partial charge in [0.15, 0.2) is 0 Å². The Morgan fingerprint density at radius 2 is 2.00 bits per heavy atom. The SMILES string of the molecule is C=C(C)/C=C/C12CC(C)C3CCC(C)(NC=O)C(CCC1C)C32. The number of amides is 1. The van der Waals surface area contributed by atoms with Crippen molar-refractivity contribution in [1.29, 1.82) is 0 Å². The summed E-state index contributed by atoms with van der Waals surface area (Å²) in [6, 6.07) is 0. The molecule has 7 unspecified atom stereocenters. The summed E-state index contributed by atoms with van der Waals surface area (Å²) in [7, 11) is 0. The van der Waals surface area contributed by atoms with E-state index in [0.717, 1.165) is 36.2 Å². The molecule has 3 aliphatic rings. The van der Waals surface area contributed by atoms with Gasteiger partial charge in [-0.1, -0.05) is 38.2 Å². The van der Waals surface area contributed by atoms with Crippen LogP contribution >= 0.6 is 0 Å². The van der Waals surface area contributed by atoms with Gasteiger partial charge in [-0.15, -0.1) is 0 Å². The number of hydrogen-bond donors (Lipinski definition) is 1. The van der Waals surface area contributed by atoms with E-state index >= 15 is 0 Å². The zero-order chi connectivity index (χ0) is 16.8. The highest BCUT2D eigenvalue weighted by atomic mass is 16.1. The van der Waals surface area contributed by atoms with E-state index < -0.39 is 0 Å². The Balaban J connectivity index is 2.04. The molecule has 2 nitrogen and oxygen atoms in total. The zero-order valence-electron chi connectivity index (χ0n) is 15.3. The highest BCUT2D eigenvalue weighted by Crippen LogP contribution is 2.67. The second-order valence-corrected chi connectivity index (χ2v) is 8.97. The lowest BCUT2D eigenvalue weighted by molar-refractivity contribution is -0.115. The summed E-state index contributed by atoms with van der Waals surface area (Å²) in [4.78, 5) is 11.2. The Kier molecular flexibility index (Phi) is 4.23. The third-order valence-electron chi connectivity index (χ3n) is 7.63. The van der Waals surface area contributed by atoms with Crippen LogP contribution in [0.2, 0.25) is 0 Å². The fourth-order valence-electron chi connectivity index (χ4n) is 6.46. The number of nitrogens with one attached hydrogen (secondary N) is 1. The van der Waals surface area contributed by atoms with Crippen molar-refractivity contribution in [3.63, 3.8) is 0 Å². The van der Waals surface area contributed by atoms with Gasteiger partial charge in [0.25, 0.3) is 0 Å². The van der Waals surface area contributed by atoms with Crippen LogP contribution < -0.4 is 5.32 Å². The van der Waals surface area contributed by atoms with Crippen molar-refractivity contribution in [3.05, 3.63) is 24.3 Å². The summed E-state index contributed by atoms with van der Waals surface area (Å²) in [6.07, 6.45) is 11.9. The molecule has 3 rings (SSSR count). The number of allylic oxidation sites excluding steroid dienone is 3. The van der Waals surface area contributed by atoms with Crippen LogP contribution in [0.15, 0.2) is 24.3 Å². The van der Waals surface area contributed by atoms with Gasteiger partial charge >= 0.3 is 0 Å². The van der Waals surface area contributed by atoms with Crippen molar-refractivity contribution >= 4 is 6.41 Å². The molecular formula is C21H33NO. The number of hydrogen-bond acceptors (Lipinski definition) is 1. The van der Waals surface area contributed by atoms with Crippen LogP contribution in [0.4, 0.5) is 0 Å². The highest BCUT2D eigenvalue weighted by molar-refractivity contribution is 5.48. The van der Waals surface area contributed by atoms with E-state index in [9.17, 15) is 4.79 Å². The standard InChI is InChI=1S/C21H33NO/c1-14(2)8-11-21-12-15(3)17-9-10-20(5,22-13-23)18(19(17)21)7-6-16(21)4/h8,11,13,15-19H,1,6-7,9-10,12H2,2-5H3,(H,22,23)/b11-8+. The first-order chi connectivity index (χ1) is 10.8. The van der Waals surface area contributed by atoms with E-state index in [2.05, 4.69) is 51.7 Å². The Morgan fingerprint density at radius 3 is 2.65 bits per heavy atom.